The standard InChI is InChI=1S/C16H23F2NO4/c1-4-22-13-9-11(5-6-12(13)23-15(17)18)10-19-8-7-16(2,3)14(20)21/h5-6,9,15,19H,4,7-8,10H2,1-3H3,(H,20,21). The van der Waals surface area contributed by atoms with Crippen molar-refractivity contribution in [2.45, 2.75) is 40.3 Å². The fourth-order valence-corrected chi connectivity index (χ4v) is 1.86. The predicted octanol–water partition coefficient (Wildman–Crippen LogP) is 3.28. The monoisotopic (exact) mass is 331 g/mol. The third kappa shape index (κ3) is 6.40. The molecule has 0 fully saturated rings. The fraction of sp³-hybridized carbons (Fsp3) is 0.562. The summed E-state index contributed by atoms with van der Waals surface area (Å²) in [6.45, 7) is 3.52. The van der Waals surface area contributed by atoms with Gasteiger partial charge >= 0.3 is 12.6 Å². The summed E-state index contributed by atoms with van der Waals surface area (Å²) in [5.74, 6) is -0.581. The lowest BCUT2D eigenvalue weighted by atomic mass is 9.90. The van der Waals surface area contributed by atoms with Crippen LogP contribution in [0.4, 0.5) is 8.78 Å². The van der Waals surface area contributed by atoms with Crippen LogP contribution in [-0.2, 0) is 11.3 Å². The number of hydrogen-bond donors (Lipinski definition) is 2. The second-order valence-electron chi connectivity index (χ2n) is 5.71. The first-order valence-electron chi connectivity index (χ1n) is 7.41. The molecular formula is C16H23F2NO4. The molecule has 7 heteroatoms. The summed E-state index contributed by atoms with van der Waals surface area (Å²) in [7, 11) is 0. The van der Waals surface area contributed by atoms with Crippen LogP contribution >= 0.6 is 0 Å². The van der Waals surface area contributed by atoms with Gasteiger partial charge < -0.3 is 19.9 Å². The zero-order valence-corrected chi connectivity index (χ0v) is 13.6. The van der Waals surface area contributed by atoms with Gasteiger partial charge in [-0.1, -0.05) is 6.07 Å². The van der Waals surface area contributed by atoms with Gasteiger partial charge in [0.15, 0.2) is 11.5 Å². The first-order chi connectivity index (χ1) is 10.8. The Labute approximate surface area is 134 Å². The van der Waals surface area contributed by atoms with E-state index in [2.05, 4.69) is 10.1 Å². The van der Waals surface area contributed by atoms with Gasteiger partial charge in [-0.2, -0.15) is 8.78 Å². The van der Waals surface area contributed by atoms with Crippen molar-refractivity contribution in [3.63, 3.8) is 0 Å². The molecule has 0 unspecified atom stereocenters. The van der Waals surface area contributed by atoms with E-state index in [9.17, 15) is 13.6 Å². The van der Waals surface area contributed by atoms with Gasteiger partial charge in [0, 0.05) is 6.54 Å². The van der Waals surface area contributed by atoms with E-state index >= 15 is 0 Å². The number of rotatable bonds is 10. The van der Waals surface area contributed by atoms with Crippen LogP contribution < -0.4 is 14.8 Å². The molecule has 1 rings (SSSR count). The lowest BCUT2D eigenvalue weighted by Crippen LogP contribution is -2.28. The second kappa shape index (κ2) is 8.67. The zero-order chi connectivity index (χ0) is 17.5. The van der Waals surface area contributed by atoms with Gasteiger partial charge in [0.2, 0.25) is 0 Å². The number of carboxylic acids is 1. The van der Waals surface area contributed by atoms with Crippen LogP contribution in [0.5, 0.6) is 11.5 Å². The minimum absolute atomic E-state index is 0.00221. The Balaban J connectivity index is 2.60. The van der Waals surface area contributed by atoms with Crippen molar-refractivity contribution in [3.05, 3.63) is 23.8 Å². The van der Waals surface area contributed by atoms with Crippen LogP contribution in [0.3, 0.4) is 0 Å². The summed E-state index contributed by atoms with van der Waals surface area (Å²) in [4.78, 5) is 11.0. The van der Waals surface area contributed by atoms with Crippen molar-refractivity contribution in [1.29, 1.82) is 0 Å². The van der Waals surface area contributed by atoms with E-state index < -0.39 is 18.0 Å². The highest BCUT2D eigenvalue weighted by atomic mass is 19.3. The van der Waals surface area contributed by atoms with Crippen molar-refractivity contribution in [2.75, 3.05) is 13.2 Å². The van der Waals surface area contributed by atoms with Crippen molar-refractivity contribution >= 4 is 5.97 Å². The topological polar surface area (TPSA) is 67.8 Å². The normalized spacial score (nSPS) is 11.6. The number of nitrogens with one attached hydrogen (secondary N) is 1. The van der Waals surface area contributed by atoms with Crippen LogP contribution in [0, 0.1) is 5.41 Å². The lowest BCUT2D eigenvalue weighted by molar-refractivity contribution is -0.147. The van der Waals surface area contributed by atoms with E-state index in [0.29, 0.717) is 26.1 Å². The summed E-state index contributed by atoms with van der Waals surface area (Å²) in [6.07, 6.45) is 0.479. The number of ether oxygens (including phenoxy) is 2. The molecule has 0 amide bonds. The largest absolute Gasteiger partial charge is 0.490 e. The molecule has 0 aliphatic carbocycles. The Morgan fingerprint density at radius 1 is 1.35 bits per heavy atom. The molecule has 23 heavy (non-hydrogen) atoms. The summed E-state index contributed by atoms with van der Waals surface area (Å²) in [5.41, 5.74) is 0.0431. The van der Waals surface area contributed by atoms with Gasteiger partial charge in [0.05, 0.1) is 12.0 Å². The molecule has 0 saturated heterocycles. The SMILES string of the molecule is CCOc1cc(CNCCC(C)(C)C(=O)O)ccc1OC(F)F. The Hall–Kier alpha value is -1.89. The molecule has 0 aliphatic rings. The summed E-state index contributed by atoms with van der Waals surface area (Å²) < 4.78 is 34.4. The molecule has 130 valence electrons. The fourth-order valence-electron chi connectivity index (χ4n) is 1.86. The van der Waals surface area contributed by atoms with Crippen molar-refractivity contribution in [1.82, 2.24) is 5.32 Å². The van der Waals surface area contributed by atoms with Gasteiger partial charge in [-0.15, -0.1) is 0 Å². The van der Waals surface area contributed by atoms with Crippen LogP contribution in [0.2, 0.25) is 0 Å². The predicted molar refractivity (Wildman–Crippen MR) is 82.0 cm³/mol. The minimum atomic E-state index is -2.91. The molecule has 2 N–H and O–H groups in total. The number of aliphatic carboxylic acids is 1. The molecule has 1 aromatic rings. The van der Waals surface area contributed by atoms with E-state index in [0.717, 1.165) is 5.56 Å². The maximum atomic E-state index is 12.3. The number of carbonyl (C=O) groups is 1. The van der Waals surface area contributed by atoms with E-state index in [-0.39, 0.29) is 11.5 Å². The van der Waals surface area contributed by atoms with Crippen LogP contribution in [0.15, 0.2) is 18.2 Å². The van der Waals surface area contributed by atoms with Crippen molar-refractivity contribution in [2.24, 2.45) is 5.41 Å². The molecule has 0 spiro atoms. The average Bonchev–Trinajstić information content (AvgIpc) is 2.45. The van der Waals surface area contributed by atoms with Crippen molar-refractivity contribution < 1.29 is 28.2 Å². The number of carboxylic acid groups (broad SMARTS) is 1. The number of halogens is 2. The zero-order valence-electron chi connectivity index (χ0n) is 13.6. The smallest absolute Gasteiger partial charge is 0.387 e. The van der Waals surface area contributed by atoms with Gasteiger partial charge in [-0.3, -0.25) is 4.79 Å². The maximum absolute atomic E-state index is 12.3. The summed E-state index contributed by atoms with van der Waals surface area (Å²) >= 11 is 0. The highest BCUT2D eigenvalue weighted by molar-refractivity contribution is 5.73. The minimum Gasteiger partial charge on any atom is -0.490 e. The molecule has 5 nitrogen and oxygen atoms in total. The molecule has 0 saturated carbocycles. The van der Waals surface area contributed by atoms with E-state index in [1.807, 2.05) is 0 Å². The van der Waals surface area contributed by atoms with Gasteiger partial charge in [0.1, 0.15) is 0 Å². The number of benzene rings is 1. The van der Waals surface area contributed by atoms with Crippen LogP contribution in [0.1, 0.15) is 32.8 Å². The van der Waals surface area contributed by atoms with E-state index in [1.54, 1.807) is 32.9 Å². The number of alkyl halides is 2. The first kappa shape index (κ1) is 19.2. The van der Waals surface area contributed by atoms with E-state index in [4.69, 9.17) is 9.84 Å². The first-order valence-corrected chi connectivity index (χ1v) is 7.41. The van der Waals surface area contributed by atoms with Gasteiger partial charge in [-0.25, -0.2) is 0 Å². The van der Waals surface area contributed by atoms with E-state index in [1.165, 1.54) is 6.07 Å². The quantitative estimate of drug-likeness (QED) is 0.644. The molecule has 0 bridgehead atoms. The third-order valence-corrected chi connectivity index (χ3v) is 3.36. The molecule has 0 atom stereocenters. The molecule has 0 radical (unpaired) electrons. The van der Waals surface area contributed by atoms with Crippen LogP contribution in [0.25, 0.3) is 0 Å². The Morgan fingerprint density at radius 2 is 2.04 bits per heavy atom. The molecule has 0 aromatic heterocycles. The average molecular weight is 331 g/mol. The number of hydrogen-bond acceptors (Lipinski definition) is 4. The maximum Gasteiger partial charge on any atom is 0.387 e. The Bertz CT molecular complexity index is 521. The molecule has 1 aromatic carbocycles. The highest BCUT2D eigenvalue weighted by Gasteiger charge is 2.26. The highest BCUT2D eigenvalue weighted by Crippen LogP contribution is 2.30. The Morgan fingerprint density at radius 3 is 2.61 bits per heavy atom. The lowest BCUT2D eigenvalue weighted by Gasteiger charge is -2.19. The van der Waals surface area contributed by atoms with Gasteiger partial charge in [-0.05, 0) is 51.4 Å². The summed E-state index contributed by atoms with van der Waals surface area (Å²) in [5, 5.41) is 12.2. The molecule has 0 heterocycles. The van der Waals surface area contributed by atoms with Crippen LogP contribution in [-0.4, -0.2) is 30.8 Å². The Kier molecular flexibility index (Phi) is 7.22. The third-order valence-electron chi connectivity index (χ3n) is 3.36. The molecule has 0 aliphatic heterocycles. The van der Waals surface area contributed by atoms with Gasteiger partial charge in [0.25, 0.3) is 0 Å². The van der Waals surface area contributed by atoms with Crippen molar-refractivity contribution in [3.8, 4) is 11.5 Å². The summed E-state index contributed by atoms with van der Waals surface area (Å²) in [6, 6.07) is 4.74. The second-order valence-corrected chi connectivity index (χ2v) is 5.71. The molecular weight excluding hydrogens is 308 g/mol.